The van der Waals surface area contributed by atoms with Crippen LogP contribution in [-0.4, -0.2) is 54.0 Å². The standard InChI is InChI=1S/C18H27N3O3/c1-3-20(17(22)14(2)19)11-16-9-10-21(12-16)18(23)24-13-15-7-5-4-6-8-15/h4-8,14,16H,3,9-13,19H2,1-2H3/t14-,16-/m0/s1. The van der Waals surface area contributed by atoms with Gasteiger partial charge in [-0.15, -0.1) is 0 Å². The quantitative estimate of drug-likeness (QED) is 0.862. The molecule has 1 aromatic carbocycles. The number of benzene rings is 1. The summed E-state index contributed by atoms with van der Waals surface area (Å²) in [6, 6.07) is 9.14. The Kier molecular flexibility index (Phi) is 6.61. The van der Waals surface area contributed by atoms with Crippen LogP contribution < -0.4 is 5.73 Å². The molecule has 6 heteroatoms. The Morgan fingerprint density at radius 1 is 1.38 bits per heavy atom. The lowest BCUT2D eigenvalue weighted by atomic mass is 10.1. The summed E-state index contributed by atoms with van der Waals surface area (Å²) in [5.74, 6) is 0.236. The van der Waals surface area contributed by atoms with Crippen LogP contribution in [0.5, 0.6) is 0 Å². The van der Waals surface area contributed by atoms with E-state index in [0.717, 1.165) is 12.0 Å². The Labute approximate surface area is 143 Å². The van der Waals surface area contributed by atoms with Gasteiger partial charge in [0.05, 0.1) is 6.04 Å². The van der Waals surface area contributed by atoms with Gasteiger partial charge in [0.15, 0.2) is 0 Å². The number of nitrogens with zero attached hydrogens (tertiary/aromatic N) is 2. The molecule has 1 aliphatic heterocycles. The number of amides is 2. The molecule has 2 atom stereocenters. The lowest BCUT2D eigenvalue weighted by Crippen LogP contribution is -2.44. The number of likely N-dealkylation sites (N-methyl/N-ethyl adjacent to an activating group) is 1. The molecule has 0 spiro atoms. The zero-order chi connectivity index (χ0) is 17.5. The molecule has 1 aromatic rings. The van der Waals surface area contributed by atoms with Gasteiger partial charge in [0.2, 0.25) is 5.91 Å². The van der Waals surface area contributed by atoms with Crippen LogP contribution >= 0.6 is 0 Å². The van der Waals surface area contributed by atoms with E-state index in [1.54, 1.807) is 16.7 Å². The summed E-state index contributed by atoms with van der Waals surface area (Å²) in [4.78, 5) is 27.7. The van der Waals surface area contributed by atoms with Crippen LogP contribution in [0.25, 0.3) is 0 Å². The van der Waals surface area contributed by atoms with E-state index in [0.29, 0.717) is 26.2 Å². The number of hydrogen-bond acceptors (Lipinski definition) is 4. The highest BCUT2D eigenvalue weighted by Crippen LogP contribution is 2.19. The van der Waals surface area contributed by atoms with Crippen LogP contribution in [0.1, 0.15) is 25.8 Å². The van der Waals surface area contributed by atoms with Crippen molar-refractivity contribution in [2.24, 2.45) is 11.7 Å². The van der Waals surface area contributed by atoms with Gasteiger partial charge in [0.25, 0.3) is 0 Å². The first-order valence-corrected chi connectivity index (χ1v) is 8.51. The SMILES string of the molecule is CCN(C[C@@H]1CCN(C(=O)OCc2ccccc2)C1)C(=O)[C@H](C)N. The number of nitrogens with two attached hydrogens (primary N) is 1. The molecular weight excluding hydrogens is 306 g/mol. The average molecular weight is 333 g/mol. The largest absolute Gasteiger partial charge is 0.445 e. The Morgan fingerprint density at radius 2 is 2.08 bits per heavy atom. The Morgan fingerprint density at radius 3 is 2.71 bits per heavy atom. The Balaban J connectivity index is 1.79. The predicted octanol–water partition coefficient (Wildman–Crippen LogP) is 1.84. The van der Waals surface area contributed by atoms with Gasteiger partial charge < -0.3 is 20.3 Å². The van der Waals surface area contributed by atoms with Crippen molar-refractivity contribution in [1.82, 2.24) is 9.80 Å². The highest BCUT2D eigenvalue weighted by Gasteiger charge is 2.29. The van der Waals surface area contributed by atoms with E-state index >= 15 is 0 Å². The number of ether oxygens (including phenoxy) is 1. The summed E-state index contributed by atoms with van der Waals surface area (Å²) in [6.45, 7) is 6.49. The molecule has 24 heavy (non-hydrogen) atoms. The molecule has 132 valence electrons. The van der Waals surface area contributed by atoms with Crippen molar-refractivity contribution < 1.29 is 14.3 Å². The molecule has 0 unspecified atom stereocenters. The van der Waals surface area contributed by atoms with Crippen LogP contribution in [0.2, 0.25) is 0 Å². The van der Waals surface area contributed by atoms with Gasteiger partial charge in [-0.2, -0.15) is 0 Å². The fraction of sp³-hybridized carbons (Fsp3) is 0.556. The van der Waals surface area contributed by atoms with Crippen molar-refractivity contribution in [3.63, 3.8) is 0 Å². The molecule has 0 bridgehead atoms. The molecule has 1 aliphatic rings. The molecule has 2 rings (SSSR count). The van der Waals surface area contributed by atoms with E-state index in [4.69, 9.17) is 10.5 Å². The normalized spacial score (nSPS) is 18.3. The van der Waals surface area contributed by atoms with E-state index in [9.17, 15) is 9.59 Å². The monoisotopic (exact) mass is 333 g/mol. The predicted molar refractivity (Wildman–Crippen MR) is 92.2 cm³/mol. The molecule has 2 amide bonds. The van der Waals surface area contributed by atoms with Crippen molar-refractivity contribution in [1.29, 1.82) is 0 Å². The van der Waals surface area contributed by atoms with Gasteiger partial charge in [-0.1, -0.05) is 30.3 Å². The minimum Gasteiger partial charge on any atom is -0.445 e. The first-order valence-electron chi connectivity index (χ1n) is 8.51. The second-order valence-electron chi connectivity index (χ2n) is 6.31. The van der Waals surface area contributed by atoms with E-state index in [2.05, 4.69) is 0 Å². The van der Waals surface area contributed by atoms with Crippen molar-refractivity contribution >= 4 is 12.0 Å². The summed E-state index contributed by atoms with van der Waals surface area (Å²) in [7, 11) is 0. The maximum atomic E-state index is 12.2. The molecule has 0 saturated carbocycles. The molecule has 0 aliphatic carbocycles. The third-order valence-corrected chi connectivity index (χ3v) is 4.31. The number of carbonyl (C=O) groups is 2. The fourth-order valence-corrected chi connectivity index (χ4v) is 2.93. The van der Waals surface area contributed by atoms with Gasteiger partial charge in [-0.05, 0) is 31.7 Å². The summed E-state index contributed by atoms with van der Waals surface area (Å²) in [5, 5.41) is 0. The first kappa shape index (κ1) is 18.3. The number of rotatable bonds is 6. The van der Waals surface area contributed by atoms with Gasteiger partial charge in [0.1, 0.15) is 6.61 Å². The van der Waals surface area contributed by atoms with Crippen LogP contribution in [0.15, 0.2) is 30.3 Å². The van der Waals surface area contributed by atoms with Gasteiger partial charge in [-0.3, -0.25) is 4.79 Å². The Bertz CT molecular complexity index is 548. The van der Waals surface area contributed by atoms with Crippen LogP contribution in [0.4, 0.5) is 4.79 Å². The summed E-state index contributed by atoms with van der Waals surface area (Å²) in [6.07, 6.45) is 0.589. The lowest BCUT2D eigenvalue weighted by molar-refractivity contribution is -0.132. The summed E-state index contributed by atoms with van der Waals surface area (Å²) >= 11 is 0. The molecule has 0 aromatic heterocycles. The zero-order valence-electron chi connectivity index (χ0n) is 14.5. The third-order valence-electron chi connectivity index (χ3n) is 4.31. The second-order valence-corrected chi connectivity index (χ2v) is 6.31. The van der Waals surface area contributed by atoms with E-state index in [1.165, 1.54) is 0 Å². The topological polar surface area (TPSA) is 75.9 Å². The number of carbonyl (C=O) groups excluding carboxylic acids is 2. The van der Waals surface area contributed by atoms with E-state index in [-0.39, 0.29) is 24.5 Å². The van der Waals surface area contributed by atoms with Crippen molar-refractivity contribution in [2.45, 2.75) is 32.9 Å². The first-order chi connectivity index (χ1) is 11.5. The van der Waals surface area contributed by atoms with Crippen LogP contribution in [0, 0.1) is 5.92 Å². The second kappa shape index (κ2) is 8.68. The van der Waals surface area contributed by atoms with E-state index in [1.807, 2.05) is 37.3 Å². The molecule has 0 radical (unpaired) electrons. The van der Waals surface area contributed by atoms with Gasteiger partial charge in [0, 0.05) is 26.2 Å². The van der Waals surface area contributed by atoms with Crippen LogP contribution in [-0.2, 0) is 16.1 Å². The molecule has 1 fully saturated rings. The lowest BCUT2D eigenvalue weighted by Gasteiger charge is -2.26. The molecular formula is C18H27N3O3. The van der Waals surface area contributed by atoms with Gasteiger partial charge in [-0.25, -0.2) is 4.79 Å². The maximum Gasteiger partial charge on any atom is 0.410 e. The van der Waals surface area contributed by atoms with E-state index < -0.39 is 6.04 Å². The molecule has 1 saturated heterocycles. The highest BCUT2D eigenvalue weighted by molar-refractivity contribution is 5.81. The average Bonchev–Trinajstić information content (AvgIpc) is 3.06. The smallest absolute Gasteiger partial charge is 0.410 e. The summed E-state index contributed by atoms with van der Waals surface area (Å²) < 4.78 is 5.36. The number of hydrogen-bond donors (Lipinski definition) is 1. The summed E-state index contributed by atoms with van der Waals surface area (Å²) in [5.41, 5.74) is 6.65. The fourth-order valence-electron chi connectivity index (χ4n) is 2.93. The maximum absolute atomic E-state index is 12.2. The van der Waals surface area contributed by atoms with Crippen molar-refractivity contribution in [2.75, 3.05) is 26.2 Å². The minimum atomic E-state index is -0.488. The molecule has 2 N–H and O–H groups in total. The molecule has 1 heterocycles. The van der Waals surface area contributed by atoms with Crippen molar-refractivity contribution in [3.8, 4) is 0 Å². The molecule has 6 nitrogen and oxygen atoms in total. The minimum absolute atomic E-state index is 0.0393. The van der Waals surface area contributed by atoms with Gasteiger partial charge >= 0.3 is 6.09 Å². The zero-order valence-corrected chi connectivity index (χ0v) is 14.5. The Hall–Kier alpha value is -2.08. The number of likely N-dealkylation sites (tertiary alicyclic amines) is 1. The highest BCUT2D eigenvalue weighted by atomic mass is 16.6. The van der Waals surface area contributed by atoms with Crippen LogP contribution in [0.3, 0.4) is 0 Å². The van der Waals surface area contributed by atoms with Crippen molar-refractivity contribution in [3.05, 3.63) is 35.9 Å². The third kappa shape index (κ3) is 4.96.